The van der Waals surface area contributed by atoms with Gasteiger partial charge in [0.15, 0.2) is 0 Å². The van der Waals surface area contributed by atoms with E-state index < -0.39 is 0 Å². The van der Waals surface area contributed by atoms with Gasteiger partial charge in [0.05, 0.1) is 0 Å². The van der Waals surface area contributed by atoms with Gasteiger partial charge in [0, 0.05) is 5.54 Å². The lowest BCUT2D eigenvalue weighted by atomic mass is 9.86. The third-order valence-corrected chi connectivity index (χ3v) is 2.96. The molecule has 0 aliphatic carbocycles. The molecule has 0 radical (unpaired) electrons. The molecule has 0 bridgehead atoms. The molecular weight excluding hydrogens is 146 g/mol. The standard InChI is InChI=1S/C11H25N/c1-6-8-10(3)9-11(4,7-2)12-5/h10,12H,6-9H2,1-5H3. The highest BCUT2D eigenvalue weighted by molar-refractivity contribution is 4.81. The van der Waals surface area contributed by atoms with Crippen LogP contribution in [0.3, 0.4) is 0 Å². The van der Waals surface area contributed by atoms with E-state index in [1.54, 1.807) is 0 Å². The highest BCUT2D eigenvalue weighted by Gasteiger charge is 2.21. The van der Waals surface area contributed by atoms with Gasteiger partial charge in [-0.3, -0.25) is 0 Å². The Hall–Kier alpha value is -0.0400. The molecule has 0 aromatic heterocycles. The molecule has 1 N–H and O–H groups in total. The van der Waals surface area contributed by atoms with E-state index in [1.165, 1.54) is 25.7 Å². The Morgan fingerprint density at radius 2 is 1.92 bits per heavy atom. The minimum absolute atomic E-state index is 0.356. The van der Waals surface area contributed by atoms with E-state index in [-0.39, 0.29) is 0 Å². The summed E-state index contributed by atoms with van der Waals surface area (Å²) in [5.41, 5.74) is 0.356. The van der Waals surface area contributed by atoms with Crippen LogP contribution in [-0.4, -0.2) is 12.6 Å². The smallest absolute Gasteiger partial charge is 0.0150 e. The fourth-order valence-corrected chi connectivity index (χ4v) is 1.79. The lowest BCUT2D eigenvalue weighted by Gasteiger charge is -2.30. The highest BCUT2D eigenvalue weighted by atomic mass is 14.9. The molecule has 0 amide bonds. The summed E-state index contributed by atoms with van der Waals surface area (Å²) in [6.45, 7) is 9.20. The van der Waals surface area contributed by atoms with Gasteiger partial charge < -0.3 is 5.32 Å². The number of rotatable bonds is 6. The highest BCUT2D eigenvalue weighted by Crippen LogP contribution is 2.22. The van der Waals surface area contributed by atoms with Crippen molar-refractivity contribution in [1.29, 1.82) is 0 Å². The average molecular weight is 171 g/mol. The number of nitrogens with one attached hydrogen (secondary N) is 1. The summed E-state index contributed by atoms with van der Waals surface area (Å²) >= 11 is 0. The van der Waals surface area contributed by atoms with Crippen LogP contribution in [0.2, 0.25) is 0 Å². The van der Waals surface area contributed by atoms with Crippen LogP contribution in [0.5, 0.6) is 0 Å². The Kier molecular flexibility index (Phi) is 5.56. The topological polar surface area (TPSA) is 12.0 Å². The zero-order chi connectivity index (χ0) is 9.61. The molecule has 0 aliphatic rings. The van der Waals surface area contributed by atoms with Crippen molar-refractivity contribution in [3.8, 4) is 0 Å². The summed E-state index contributed by atoms with van der Waals surface area (Å²) in [6, 6.07) is 0. The third kappa shape index (κ3) is 4.10. The molecule has 0 heterocycles. The van der Waals surface area contributed by atoms with E-state index >= 15 is 0 Å². The first-order valence-electron chi connectivity index (χ1n) is 5.27. The van der Waals surface area contributed by atoms with Crippen LogP contribution in [0.1, 0.15) is 53.4 Å². The first-order chi connectivity index (χ1) is 5.58. The second kappa shape index (κ2) is 5.58. The van der Waals surface area contributed by atoms with Gasteiger partial charge in [0.1, 0.15) is 0 Å². The largest absolute Gasteiger partial charge is 0.315 e. The number of hydrogen-bond donors (Lipinski definition) is 1. The summed E-state index contributed by atoms with van der Waals surface area (Å²) < 4.78 is 0. The molecule has 2 atom stereocenters. The maximum atomic E-state index is 3.42. The predicted molar refractivity (Wildman–Crippen MR) is 56.4 cm³/mol. The molecule has 1 nitrogen and oxygen atoms in total. The van der Waals surface area contributed by atoms with Crippen LogP contribution in [0.15, 0.2) is 0 Å². The molecule has 0 saturated carbocycles. The monoisotopic (exact) mass is 171 g/mol. The van der Waals surface area contributed by atoms with Gasteiger partial charge in [0.25, 0.3) is 0 Å². The molecule has 0 saturated heterocycles. The molecular formula is C11H25N. The van der Waals surface area contributed by atoms with Gasteiger partial charge in [-0.2, -0.15) is 0 Å². The molecule has 0 aliphatic heterocycles. The van der Waals surface area contributed by atoms with E-state index in [4.69, 9.17) is 0 Å². The first-order valence-corrected chi connectivity index (χ1v) is 5.27. The Morgan fingerprint density at radius 1 is 1.33 bits per heavy atom. The molecule has 1 heteroatoms. The normalized spacial score (nSPS) is 18.8. The van der Waals surface area contributed by atoms with Crippen molar-refractivity contribution in [2.24, 2.45) is 5.92 Å². The van der Waals surface area contributed by atoms with Gasteiger partial charge >= 0.3 is 0 Å². The zero-order valence-corrected chi connectivity index (χ0v) is 9.41. The summed E-state index contributed by atoms with van der Waals surface area (Å²) in [7, 11) is 2.07. The fourth-order valence-electron chi connectivity index (χ4n) is 1.79. The summed E-state index contributed by atoms with van der Waals surface area (Å²) in [6.07, 6.45) is 5.19. The van der Waals surface area contributed by atoms with Crippen LogP contribution in [0.4, 0.5) is 0 Å². The van der Waals surface area contributed by atoms with Crippen LogP contribution >= 0.6 is 0 Å². The molecule has 2 unspecified atom stereocenters. The van der Waals surface area contributed by atoms with Crippen molar-refractivity contribution >= 4 is 0 Å². The van der Waals surface area contributed by atoms with Crippen molar-refractivity contribution in [2.75, 3.05) is 7.05 Å². The summed E-state index contributed by atoms with van der Waals surface area (Å²) in [5, 5.41) is 3.42. The molecule has 0 aromatic carbocycles. The zero-order valence-electron chi connectivity index (χ0n) is 9.41. The van der Waals surface area contributed by atoms with Gasteiger partial charge in [0.2, 0.25) is 0 Å². The van der Waals surface area contributed by atoms with Crippen molar-refractivity contribution in [3.05, 3.63) is 0 Å². The summed E-state index contributed by atoms with van der Waals surface area (Å²) in [5.74, 6) is 0.854. The second-order valence-corrected chi connectivity index (χ2v) is 4.26. The van der Waals surface area contributed by atoms with Crippen molar-refractivity contribution in [1.82, 2.24) is 5.32 Å². The van der Waals surface area contributed by atoms with Crippen molar-refractivity contribution in [2.45, 2.75) is 58.9 Å². The minimum Gasteiger partial charge on any atom is -0.315 e. The van der Waals surface area contributed by atoms with Gasteiger partial charge in [-0.1, -0.05) is 33.6 Å². The second-order valence-electron chi connectivity index (χ2n) is 4.26. The van der Waals surface area contributed by atoms with E-state index in [9.17, 15) is 0 Å². The van der Waals surface area contributed by atoms with Gasteiger partial charge in [-0.05, 0) is 32.7 Å². The number of hydrogen-bond acceptors (Lipinski definition) is 1. The lowest BCUT2D eigenvalue weighted by Crippen LogP contribution is -2.40. The van der Waals surface area contributed by atoms with Gasteiger partial charge in [-0.15, -0.1) is 0 Å². The quantitative estimate of drug-likeness (QED) is 0.647. The first kappa shape index (κ1) is 12.0. The summed E-state index contributed by atoms with van der Waals surface area (Å²) in [4.78, 5) is 0. The van der Waals surface area contributed by atoms with Crippen LogP contribution < -0.4 is 5.32 Å². The fraction of sp³-hybridized carbons (Fsp3) is 1.00. The van der Waals surface area contributed by atoms with Crippen molar-refractivity contribution < 1.29 is 0 Å². The molecule has 12 heavy (non-hydrogen) atoms. The Balaban J connectivity index is 3.84. The SMILES string of the molecule is CCCC(C)CC(C)(CC)NC. The lowest BCUT2D eigenvalue weighted by molar-refractivity contribution is 0.283. The Bertz CT molecular complexity index is 106. The molecule has 74 valence electrons. The Morgan fingerprint density at radius 3 is 2.25 bits per heavy atom. The van der Waals surface area contributed by atoms with Gasteiger partial charge in [-0.25, -0.2) is 0 Å². The maximum absolute atomic E-state index is 3.42. The van der Waals surface area contributed by atoms with Crippen molar-refractivity contribution in [3.63, 3.8) is 0 Å². The van der Waals surface area contributed by atoms with E-state index in [0.29, 0.717) is 5.54 Å². The third-order valence-electron chi connectivity index (χ3n) is 2.96. The van der Waals surface area contributed by atoms with E-state index in [2.05, 4.69) is 40.1 Å². The van der Waals surface area contributed by atoms with Crippen LogP contribution in [0, 0.1) is 5.92 Å². The minimum atomic E-state index is 0.356. The average Bonchev–Trinajstić information content (AvgIpc) is 2.05. The van der Waals surface area contributed by atoms with E-state index in [1.807, 2.05) is 0 Å². The molecule has 0 spiro atoms. The molecule has 0 fully saturated rings. The van der Waals surface area contributed by atoms with E-state index in [0.717, 1.165) is 5.92 Å². The predicted octanol–water partition coefficient (Wildman–Crippen LogP) is 3.20. The Labute approximate surface area is 77.9 Å². The van der Waals surface area contributed by atoms with Crippen LogP contribution in [-0.2, 0) is 0 Å². The maximum Gasteiger partial charge on any atom is 0.0150 e. The molecule has 0 rings (SSSR count). The molecule has 0 aromatic rings. The van der Waals surface area contributed by atoms with Crippen LogP contribution in [0.25, 0.3) is 0 Å².